The second-order valence-corrected chi connectivity index (χ2v) is 12.4. The topological polar surface area (TPSA) is 52.1 Å². The fraction of sp³-hybridized carbons (Fsp3) is 0.686. The number of nitrogens with zero attached hydrogens (tertiary/aromatic N) is 2. The first-order valence-corrected chi connectivity index (χ1v) is 16.3. The van der Waals surface area contributed by atoms with Gasteiger partial charge in [0.2, 0.25) is 0 Å². The summed E-state index contributed by atoms with van der Waals surface area (Å²) in [6.07, 6.45) is 26.9. The van der Waals surface area contributed by atoms with Gasteiger partial charge in [0.25, 0.3) is 0 Å². The van der Waals surface area contributed by atoms with Crippen LogP contribution in [0.15, 0.2) is 36.7 Å². The van der Waals surface area contributed by atoms with E-state index in [0.717, 1.165) is 48.4 Å². The Kier molecular flexibility index (Phi) is 12.3. The number of benzene rings is 1. The molecule has 4 rings (SSSR count). The highest BCUT2D eigenvalue weighted by atomic mass is 16.5. The Balaban J connectivity index is 1.17. The number of ether oxygens (including phenoxy) is 1. The highest BCUT2D eigenvalue weighted by molar-refractivity contribution is 5.75. The molecular formula is C35H52N2O2. The van der Waals surface area contributed by atoms with E-state index in [1.54, 1.807) is 0 Å². The Morgan fingerprint density at radius 2 is 1.33 bits per heavy atom. The number of hydrogen-bond acceptors (Lipinski definition) is 4. The number of carbonyl (C=O) groups is 1. The minimum atomic E-state index is -0.0552. The molecule has 0 aliphatic heterocycles. The normalized spacial score (nSPS) is 23.4. The first kappa shape index (κ1) is 29.7. The number of aromatic nitrogens is 2. The average Bonchev–Trinajstić information content (AvgIpc) is 2.98. The van der Waals surface area contributed by atoms with Crippen LogP contribution in [0, 0.1) is 23.7 Å². The average molecular weight is 533 g/mol. The van der Waals surface area contributed by atoms with Gasteiger partial charge in [0.15, 0.2) is 5.82 Å². The molecule has 0 N–H and O–H groups in total. The van der Waals surface area contributed by atoms with Gasteiger partial charge in [-0.2, -0.15) is 0 Å². The van der Waals surface area contributed by atoms with Gasteiger partial charge in [0.05, 0.1) is 5.92 Å². The summed E-state index contributed by atoms with van der Waals surface area (Å²) >= 11 is 0. The minimum absolute atomic E-state index is 0.0455. The number of rotatable bonds is 14. The van der Waals surface area contributed by atoms with E-state index >= 15 is 0 Å². The van der Waals surface area contributed by atoms with E-state index in [1.165, 1.54) is 102 Å². The molecule has 2 fully saturated rings. The first-order chi connectivity index (χ1) is 19.2. The molecule has 0 radical (unpaired) electrons. The van der Waals surface area contributed by atoms with Crippen molar-refractivity contribution in [2.75, 3.05) is 0 Å². The second kappa shape index (κ2) is 16.1. The highest BCUT2D eigenvalue weighted by Gasteiger charge is 2.33. The zero-order valence-electron chi connectivity index (χ0n) is 24.7. The number of carbonyl (C=O) groups excluding carboxylic acids is 1. The molecule has 39 heavy (non-hydrogen) atoms. The van der Waals surface area contributed by atoms with E-state index in [-0.39, 0.29) is 11.9 Å². The van der Waals surface area contributed by atoms with Gasteiger partial charge in [-0.3, -0.25) is 4.79 Å². The van der Waals surface area contributed by atoms with Crippen molar-refractivity contribution in [3.05, 3.63) is 42.2 Å². The molecule has 2 aromatic rings. The molecule has 2 saturated carbocycles. The molecule has 2 aliphatic carbocycles. The van der Waals surface area contributed by atoms with Crippen molar-refractivity contribution in [3.63, 3.8) is 0 Å². The molecule has 4 nitrogen and oxygen atoms in total. The maximum atomic E-state index is 12.9. The van der Waals surface area contributed by atoms with E-state index in [0.29, 0.717) is 5.75 Å². The van der Waals surface area contributed by atoms with Crippen LogP contribution in [0.2, 0.25) is 0 Å². The molecule has 0 amide bonds. The summed E-state index contributed by atoms with van der Waals surface area (Å²) in [5, 5.41) is 0. The van der Waals surface area contributed by atoms with Crippen molar-refractivity contribution < 1.29 is 9.53 Å². The summed E-state index contributed by atoms with van der Waals surface area (Å²) in [6.45, 7) is 4.54. The fourth-order valence-corrected chi connectivity index (χ4v) is 6.89. The van der Waals surface area contributed by atoms with Crippen molar-refractivity contribution in [1.82, 2.24) is 9.97 Å². The molecule has 2 aliphatic rings. The standard InChI is InChI=1S/C35H52N2O2/c1-3-5-7-8-10-12-28-25-36-34(37-26-28)31-21-23-33(24-22-31)39-35(38)32-19-17-30(18-20-32)29-15-13-27(14-16-29)11-9-6-4-2/h21-27,29-30,32H,3-20H2,1-2H3. The third-order valence-corrected chi connectivity index (χ3v) is 9.48. The predicted octanol–water partition coefficient (Wildman–Crippen LogP) is 9.75. The summed E-state index contributed by atoms with van der Waals surface area (Å²) in [5.41, 5.74) is 2.15. The molecule has 0 atom stereocenters. The summed E-state index contributed by atoms with van der Waals surface area (Å²) in [7, 11) is 0. The minimum Gasteiger partial charge on any atom is -0.426 e. The van der Waals surface area contributed by atoms with Crippen molar-refractivity contribution >= 4 is 5.97 Å². The van der Waals surface area contributed by atoms with Gasteiger partial charge in [-0.15, -0.1) is 0 Å². The molecule has 214 valence electrons. The lowest BCUT2D eigenvalue weighted by atomic mass is 9.68. The largest absolute Gasteiger partial charge is 0.426 e. The van der Waals surface area contributed by atoms with E-state index < -0.39 is 0 Å². The van der Waals surface area contributed by atoms with Crippen LogP contribution in [0.5, 0.6) is 5.75 Å². The Morgan fingerprint density at radius 3 is 1.97 bits per heavy atom. The van der Waals surface area contributed by atoms with Crippen LogP contribution in [0.25, 0.3) is 11.4 Å². The van der Waals surface area contributed by atoms with Crippen LogP contribution < -0.4 is 4.74 Å². The Bertz CT molecular complexity index is 955. The molecule has 0 spiro atoms. The Morgan fingerprint density at radius 1 is 0.744 bits per heavy atom. The molecular weight excluding hydrogens is 480 g/mol. The molecule has 4 heteroatoms. The van der Waals surface area contributed by atoms with Crippen LogP contribution in [0.1, 0.15) is 129 Å². The maximum absolute atomic E-state index is 12.9. The molecule has 0 saturated heterocycles. The van der Waals surface area contributed by atoms with E-state index in [2.05, 4.69) is 23.8 Å². The summed E-state index contributed by atoms with van der Waals surface area (Å²) in [6, 6.07) is 7.67. The van der Waals surface area contributed by atoms with Crippen molar-refractivity contribution in [3.8, 4) is 17.1 Å². The Hall–Kier alpha value is -2.23. The zero-order chi connectivity index (χ0) is 27.3. The van der Waals surface area contributed by atoms with Gasteiger partial charge < -0.3 is 4.74 Å². The molecule has 1 aromatic heterocycles. The van der Waals surface area contributed by atoms with Gasteiger partial charge in [-0.25, -0.2) is 9.97 Å². The number of esters is 1. The van der Waals surface area contributed by atoms with Crippen molar-refractivity contribution in [2.45, 2.75) is 129 Å². The van der Waals surface area contributed by atoms with Crippen molar-refractivity contribution in [2.24, 2.45) is 23.7 Å². The fourth-order valence-electron chi connectivity index (χ4n) is 6.89. The van der Waals surface area contributed by atoms with Crippen LogP contribution in [0.4, 0.5) is 0 Å². The van der Waals surface area contributed by atoms with Gasteiger partial charge >= 0.3 is 5.97 Å². The second-order valence-electron chi connectivity index (χ2n) is 12.4. The maximum Gasteiger partial charge on any atom is 0.314 e. The third-order valence-electron chi connectivity index (χ3n) is 9.48. The predicted molar refractivity (Wildman–Crippen MR) is 161 cm³/mol. The van der Waals surface area contributed by atoms with Crippen molar-refractivity contribution in [1.29, 1.82) is 0 Å². The lowest BCUT2D eigenvalue weighted by molar-refractivity contribution is -0.140. The molecule has 0 bridgehead atoms. The smallest absolute Gasteiger partial charge is 0.314 e. The summed E-state index contributed by atoms with van der Waals surface area (Å²) < 4.78 is 5.80. The van der Waals surface area contributed by atoms with E-state index in [9.17, 15) is 4.79 Å². The Labute approximate surface area is 237 Å². The van der Waals surface area contributed by atoms with Crippen LogP contribution in [0.3, 0.4) is 0 Å². The molecule has 1 heterocycles. The van der Waals surface area contributed by atoms with E-state index in [1.807, 2.05) is 36.7 Å². The molecule has 0 unspecified atom stereocenters. The van der Waals surface area contributed by atoms with Gasteiger partial charge in [0.1, 0.15) is 5.75 Å². The van der Waals surface area contributed by atoms with Gasteiger partial charge in [0, 0.05) is 18.0 Å². The van der Waals surface area contributed by atoms with Gasteiger partial charge in [-0.1, -0.05) is 78.1 Å². The first-order valence-electron chi connectivity index (χ1n) is 16.3. The van der Waals surface area contributed by atoms with Crippen LogP contribution >= 0.6 is 0 Å². The summed E-state index contributed by atoms with van der Waals surface area (Å²) in [5.74, 6) is 4.01. The van der Waals surface area contributed by atoms with Gasteiger partial charge in [-0.05, 0) is 98.9 Å². The lowest BCUT2D eigenvalue weighted by Gasteiger charge is -2.37. The lowest BCUT2D eigenvalue weighted by Crippen LogP contribution is -2.30. The number of aryl methyl sites for hydroxylation is 1. The SMILES string of the molecule is CCCCCCCc1cnc(-c2ccc(OC(=O)C3CCC(C4CCC(CCCCC)CC4)CC3)cc2)nc1. The summed E-state index contributed by atoms with van der Waals surface area (Å²) in [4.78, 5) is 22.1. The van der Waals surface area contributed by atoms with Crippen LogP contribution in [-0.2, 0) is 11.2 Å². The monoisotopic (exact) mass is 532 g/mol. The highest BCUT2D eigenvalue weighted by Crippen LogP contribution is 2.42. The third kappa shape index (κ3) is 9.43. The van der Waals surface area contributed by atoms with Crippen LogP contribution in [-0.4, -0.2) is 15.9 Å². The number of hydrogen-bond donors (Lipinski definition) is 0. The van der Waals surface area contributed by atoms with E-state index in [4.69, 9.17) is 4.74 Å². The quantitative estimate of drug-likeness (QED) is 0.138. The zero-order valence-corrected chi connectivity index (χ0v) is 24.7. The molecule has 1 aromatic carbocycles. The number of unbranched alkanes of at least 4 members (excludes halogenated alkanes) is 6.